The van der Waals surface area contributed by atoms with Gasteiger partial charge in [-0.3, -0.25) is 0 Å². The Balaban J connectivity index is 1.97. The standard InChI is InChI=1S/C16H11F3N2O2S/c17-15(18,19)9-14-16(21-24(22,23)20-14)12-5-6-13(16)8-11-4-2-1-3-10(11)7-12/h1-8,21H,9H2. The Bertz CT molecular complexity index is 1010. The fourth-order valence-electron chi connectivity index (χ4n) is 3.31. The largest absolute Gasteiger partial charge is 0.394 e. The van der Waals surface area contributed by atoms with Crippen LogP contribution in [0.5, 0.6) is 0 Å². The van der Waals surface area contributed by atoms with Crippen molar-refractivity contribution in [2.45, 2.75) is 18.1 Å². The van der Waals surface area contributed by atoms with Crippen molar-refractivity contribution < 1.29 is 21.6 Å². The number of alkyl halides is 3. The van der Waals surface area contributed by atoms with E-state index in [0.29, 0.717) is 11.1 Å². The highest BCUT2D eigenvalue weighted by atomic mass is 32.2. The lowest BCUT2D eigenvalue weighted by atomic mass is 9.81. The summed E-state index contributed by atoms with van der Waals surface area (Å²) in [6.07, 6.45) is 0.687. The molecule has 0 radical (unpaired) electrons. The molecule has 0 fully saturated rings. The number of hydrogen-bond donors (Lipinski definition) is 1. The van der Waals surface area contributed by atoms with Gasteiger partial charge in [-0.15, -0.1) is 0 Å². The van der Waals surface area contributed by atoms with Gasteiger partial charge < -0.3 is 0 Å². The summed E-state index contributed by atoms with van der Waals surface area (Å²) in [5, 5.41) is 1.62. The van der Waals surface area contributed by atoms with Crippen molar-refractivity contribution in [1.29, 1.82) is 0 Å². The van der Waals surface area contributed by atoms with E-state index >= 15 is 0 Å². The Morgan fingerprint density at radius 2 is 1.58 bits per heavy atom. The summed E-state index contributed by atoms with van der Waals surface area (Å²) in [6.45, 7) is 0. The highest BCUT2D eigenvalue weighted by Crippen LogP contribution is 2.42. The van der Waals surface area contributed by atoms with E-state index in [0.717, 1.165) is 10.4 Å². The number of nitrogens with one attached hydrogen (secondary N) is 1. The predicted molar refractivity (Wildman–Crippen MR) is 83.7 cm³/mol. The van der Waals surface area contributed by atoms with Crippen LogP contribution in [-0.4, -0.2) is 25.8 Å². The van der Waals surface area contributed by atoms with Crippen molar-refractivity contribution in [1.82, 2.24) is 4.72 Å². The molecule has 0 saturated carbocycles. The smallest absolute Gasteiger partial charge is 0.187 e. The molecule has 1 spiro atoms. The molecule has 0 amide bonds. The minimum absolute atomic E-state index is 0.433. The van der Waals surface area contributed by atoms with Crippen molar-refractivity contribution in [3.8, 4) is 0 Å². The van der Waals surface area contributed by atoms with E-state index in [-0.39, 0.29) is 0 Å². The van der Waals surface area contributed by atoms with Crippen LogP contribution in [0.2, 0.25) is 0 Å². The number of benzene rings is 1. The van der Waals surface area contributed by atoms with Crippen LogP contribution in [0.1, 0.15) is 6.42 Å². The molecule has 124 valence electrons. The quantitative estimate of drug-likeness (QED) is 0.823. The number of hydrogen-bond acceptors (Lipinski definition) is 2. The third-order valence-electron chi connectivity index (χ3n) is 4.24. The summed E-state index contributed by atoms with van der Waals surface area (Å²) < 4.78 is 68.5. The Morgan fingerprint density at radius 1 is 1.04 bits per heavy atom. The number of rotatable bonds is 1. The Kier molecular flexibility index (Phi) is 2.99. The molecular weight excluding hydrogens is 341 g/mol. The fraction of sp³-hybridized carbons (Fsp3) is 0.188. The summed E-state index contributed by atoms with van der Waals surface area (Å²) >= 11 is 0. The Labute approximate surface area is 135 Å². The maximum absolute atomic E-state index is 13.0. The van der Waals surface area contributed by atoms with Gasteiger partial charge in [0.05, 0.1) is 12.1 Å². The highest BCUT2D eigenvalue weighted by Gasteiger charge is 2.54. The molecule has 0 aromatic heterocycles. The molecule has 4 rings (SSSR count). The van der Waals surface area contributed by atoms with E-state index in [1.54, 1.807) is 24.3 Å². The Hall–Kier alpha value is -2.19. The normalized spacial score (nSPS) is 22.7. The first-order valence-electron chi connectivity index (χ1n) is 7.11. The first kappa shape index (κ1) is 15.3. The Morgan fingerprint density at radius 3 is 2.08 bits per heavy atom. The summed E-state index contributed by atoms with van der Waals surface area (Å²) in [6, 6.07) is 7.28. The summed E-state index contributed by atoms with van der Waals surface area (Å²) in [7, 11) is -4.19. The first-order valence-corrected chi connectivity index (χ1v) is 8.55. The third-order valence-corrected chi connectivity index (χ3v) is 5.26. The van der Waals surface area contributed by atoms with Crippen molar-refractivity contribution in [3.63, 3.8) is 0 Å². The van der Waals surface area contributed by atoms with Gasteiger partial charge in [0.1, 0.15) is 5.54 Å². The summed E-state index contributed by atoms with van der Waals surface area (Å²) in [5.74, 6) is 0. The molecule has 1 aromatic rings. The van der Waals surface area contributed by atoms with Crippen LogP contribution in [0.4, 0.5) is 13.2 Å². The van der Waals surface area contributed by atoms with Crippen molar-refractivity contribution in [2.75, 3.05) is 0 Å². The maximum atomic E-state index is 13.0. The first-order chi connectivity index (χ1) is 11.2. The lowest BCUT2D eigenvalue weighted by Crippen LogP contribution is -2.50. The molecule has 1 aromatic carbocycles. The van der Waals surface area contributed by atoms with E-state index in [2.05, 4.69) is 9.12 Å². The highest BCUT2D eigenvalue weighted by molar-refractivity contribution is 7.88. The zero-order chi connectivity index (χ0) is 17.2. The molecule has 2 bridgehead atoms. The minimum Gasteiger partial charge on any atom is -0.187 e. The predicted octanol–water partition coefficient (Wildman–Crippen LogP) is 1.11. The molecule has 2 aliphatic carbocycles. The number of halogens is 3. The number of nitrogens with zero attached hydrogens (tertiary/aromatic N) is 1. The monoisotopic (exact) mass is 352 g/mol. The van der Waals surface area contributed by atoms with E-state index in [4.69, 9.17) is 0 Å². The zero-order valence-electron chi connectivity index (χ0n) is 12.1. The van der Waals surface area contributed by atoms with Crippen LogP contribution in [-0.2, 0) is 10.2 Å². The van der Waals surface area contributed by atoms with Gasteiger partial charge in [-0.25, -0.2) is 0 Å². The van der Waals surface area contributed by atoms with Crippen molar-refractivity contribution in [3.05, 3.63) is 58.0 Å². The maximum Gasteiger partial charge on any atom is 0.394 e. The van der Waals surface area contributed by atoms with E-state index in [1.165, 1.54) is 0 Å². The third kappa shape index (κ3) is 2.25. The SMILES string of the molecule is O=S1(=O)N=C(CC(F)(F)F)C2(N1)C1=CC=C2C=c2ccccc2=C1. The molecular formula is C16H11F3N2O2S. The molecule has 0 saturated heterocycles. The molecule has 24 heavy (non-hydrogen) atoms. The van der Waals surface area contributed by atoms with Crippen molar-refractivity contribution >= 4 is 28.1 Å². The second kappa shape index (κ2) is 4.67. The van der Waals surface area contributed by atoms with Gasteiger partial charge in [0.15, 0.2) is 0 Å². The van der Waals surface area contributed by atoms with Gasteiger partial charge in [0.25, 0.3) is 0 Å². The topological polar surface area (TPSA) is 58.5 Å². The minimum atomic E-state index is -4.56. The van der Waals surface area contributed by atoms with Crippen LogP contribution in [0, 0.1) is 0 Å². The van der Waals surface area contributed by atoms with Crippen molar-refractivity contribution in [2.24, 2.45) is 4.40 Å². The van der Waals surface area contributed by atoms with Gasteiger partial charge in [0, 0.05) is 0 Å². The fourth-order valence-corrected chi connectivity index (χ4v) is 4.59. The molecule has 1 N–H and O–H groups in total. The number of fused-ring (bicyclic) bond motifs is 1. The van der Waals surface area contributed by atoms with Crippen LogP contribution in [0.15, 0.2) is 52.0 Å². The second-order valence-corrected chi connectivity index (χ2v) is 7.16. The lowest BCUT2D eigenvalue weighted by molar-refractivity contribution is -0.121. The average molecular weight is 352 g/mol. The van der Waals surface area contributed by atoms with Crippen LogP contribution in [0.25, 0.3) is 12.2 Å². The van der Waals surface area contributed by atoms with Gasteiger partial charge in [-0.2, -0.15) is 30.7 Å². The van der Waals surface area contributed by atoms with Gasteiger partial charge >= 0.3 is 16.4 Å². The van der Waals surface area contributed by atoms with Crippen LogP contribution < -0.4 is 15.2 Å². The van der Waals surface area contributed by atoms with E-state index in [1.807, 2.05) is 24.3 Å². The second-order valence-electron chi connectivity index (χ2n) is 5.82. The molecule has 3 aliphatic rings. The van der Waals surface area contributed by atoms with Crippen LogP contribution in [0.3, 0.4) is 0 Å². The zero-order valence-corrected chi connectivity index (χ0v) is 12.9. The lowest BCUT2D eigenvalue weighted by Gasteiger charge is -2.29. The number of allylic oxidation sites excluding steroid dienone is 2. The van der Waals surface area contributed by atoms with Gasteiger partial charge in [0.2, 0.25) is 0 Å². The molecule has 0 unspecified atom stereocenters. The molecule has 8 heteroatoms. The molecule has 4 nitrogen and oxygen atoms in total. The van der Waals surface area contributed by atoms with E-state index in [9.17, 15) is 21.6 Å². The van der Waals surface area contributed by atoms with Gasteiger partial charge in [-0.05, 0) is 33.7 Å². The summed E-state index contributed by atoms with van der Waals surface area (Å²) in [4.78, 5) is 0. The van der Waals surface area contributed by atoms with Gasteiger partial charge in [-0.1, -0.05) is 36.4 Å². The molecule has 1 aliphatic heterocycles. The summed E-state index contributed by atoms with van der Waals surface area (Å²) in [5.41, 5.74) is -1.16. The van der Waals surface area contributed by atoms with E-state index < -0.39 is 34.1 Å². The average Bonchev–Trinajstić information content (AvgIpc) is 2.83. The van der Waals surface area contributed by atoms with Crippen LogP contribution >= 0.6 is 0 Å². The molecule has 1 heterocycles. The molecule has 0 atom stereocenters.